The molecule has 1 atom stereocenters. The first-order valence-corrected chi connectivity index (χ1v) is 4.98. The van der Waals surface area contributed by atoms with E-state index in [9.17, 15) is 10.1 Å². The van der Waals surface area contributed by atoms with E-state index >= 15 is 0 Å². The average Bonchev–Trinajstić information content (AvgIpc) is 2.16. The highest BCUT2D eigenvalue weighted by atomic mass is 16.6. The summed E-state index contributed by atoms with van der Waals surface area (Å²) in [6, 6.07) is 2.47. The lowest BCUT2D eigenvalue weighted by Gasteiger charge is -2.17. The molecule has 0 aliphatic carbocycles. The van der Waals surface area contributed by atoms with Crippen LogP contribution in [0.1, 0.15) is 20.8 Å². The Hall–Kier alpha value is -1.85. The van der Waals surface area contributed by atoms with Crippen LogP contribution in [0.4, 0.5) is 11.5 Å². The van der Waals surface area contributed by atoms with Gasteiger partial charge in [0.25, 0.3) is 5.69 Å². The van der Waals surface area contributed by atoms with E-state index in [-0.39, 0.29) is 23.5 Å². The second-order valence-corrected chi connectivity index (χ2v) is 3.91. The summed E-state index contributed by atoms with van der Waals surface area (Å²) in [5.74, 6) is 0.565. The van der Waals surface area contributed by atoms with Crippen LogP contribution in [0.15, 0.2) is 12.1 Å². The molecule has 6 heteroatoms. The highest BCUT2D eigenvalue weighted by molar-refractivity contribution is 5.45. The summed E-state index contributed by atoms with van der Waals surface area (Å²) >= 11 is 0. The SMILES string of the molecule is CC(C)C(C)Oc1cc([N+](=O)[O-])cc(N)n1. The number of hydrogen-bond acceptors (Lipinski definition) is 5. The van der Waals surface area contributed by atoms with Crippen LogP contribution in [0.3, 0.4) is 0 Å². The van der Waals surface area contributed by atoms with Crippen molar-refractivity contribution < 1.29 is 9.66 Å². The molecule has 0 spiro atoms. The fourth-order valence-corrected chi connectivity index (χ4v) is 1.00. The van der Waals surface area contributed by atoms with Gasteiger partial charge in [-0.05, 0) is 12.8 Å². The van der Waals surface area contributed by atoms with E-state index in [0.29, 0.717) is 5.92 Å². The fourth-order valence-electron chi connectivity index (χ4n) is 1.00. The van der Waals surface area contributed by atoms with Crippen molar-refractivity contribution in [1.82, 2.24) is 4.98 Å². The maximum Gasteiger partial charge on any atom is 0.278 e. The van der Waals surface area contributed by atoms with Gasteiger partial charge in [0.1, 0.15) is 5.82 Å². The van der Waals surface area contributed by atoms with Crippen molar-refractivity contribution in [2.45, 2.75) is 26.9 Å². The predicted octanol–water partition coefficient (Wildman–Crippen LogP) is 2.00. The first-order valence-electron chi connectivity index (χ1n) is 4.98. The summed E-state index contributed by atoms with van der Waals surface area (Å²) in [6.07, 6.45) is -0.0751. The number of hydrogen-bond donors (Lipinski definition) is 1. The molecule has 88 valence electrons. The van der Waals surface area contributed by atoms with Gasteiger partial charge in [0.15, 0.2) is 0 Å². The third-order valence-corrected chi connectivity index (χ3v) is 2.26. The molecule has 1 heterocycles. The highest BCUT2D eigenvalue weighted by Gasteiger charge is 2.14. The van der Waals surface area contributed by atoms with Crippen molar-refractivity contribution >= 4 is 11.5 Å². The molecule has 0 bridgehead atoms. The standard InChI is InChI=1S/C10H15N3O3/c1-6(2)7(3)16-10-5-8(13(14)15)4-9(11)12-10/h4-7H,1-3H3,(H2,11,12). The first kappa shape index (κ1) is 12.2. The molecule has 16 heavy (non-hydrogen) atoms. The minimum Gasteiger partial charge on any atom is -0.474 e. The van der Waals surface area contributed by atoms with E-state index in [1.165, 1.54) is 12.1 Å². The van der Waals surface area contributed by atoms with Gasteiger partial charge in [-0.3, -0.25) is 10.1 Å². The van der Waals surface area contributed by atoms with Gasteiger partial charge in [0.2, 0.25) is 5.88 Å². The Kier molecular flexibility index (Phi) is 3.65. The Balaban J connectivity index is 2.92. The smallest absolute Gasteiger partial charge is 0.278 e. The van der Waals surface area contributed by atoms with Crippen LogP contribution in [-0.4, -0.2) is 16.0 Å². The number of anilines is 1. The van der Waals surface area contributed by atoms with E-state index in [1.807, 2.05) is 20.8 Å². The molecule has 0 aromatic carbocycles. The van der Waals surface area contributed by atoms with Crippen LogP contribution < -0.4 is 10.5 Å². The van der Waals surface area contributed by atoms with Crippen molar-refractivity contribution in [3.05, 3.63) is 22.2 Å². The zero-order chi connectivity index (χ0) is 12.3. The fraction of sp³-hybridized carbons (Fsp3) is 0.500. The van der Waals surface area contributed by atoms with Crippen LogP contribution in [0.2, 0.25) is 0 Å². The van der Waals surface area contributed by atoms with Crippen molar-refractivity contribution in [2.75, 3.05) is 5.73 Å². The largest absolute Gasteiger partial charge is 0.474 e. The maximum atomic E-state index is 10.6. The molecule has 0 radical (unpaired) electrons. The molecule has 0 aliphatic heterocycles. The topological polar surface area (TPSA) is 91.3 Å². The van der Waals surface area contributed by atoms with Crippen molar-refractivity contribution in [1.29, 1.82) is 0 Å². The summed E-state index contributed by atoms with van der Waals surface area (Å²) in [5.41, 5.74) is 5.34. The minimum absolute atomic E-state index is 0.0751. The normalized spacial score (nSPS) is 12.5. The lowest BCUT2D eigenvalue weighted by Crippen LogP contribution is -2.19. The third-order valence-electron chi connectivity index (χ3n) is 2.26. The minimum atomic E-state index is -0.523. The molecule has 0 saturated carbocycles. The summed E-state index contributed by atoms with van der Waals surface area (Å²) in [5, 5.41) is 10.6. The molecule has 0 saturated heterocycles. The number of pyridine rings is 1. The Morgan fingerprint density at radius 1 is 1.44 bits per heavy atom. The molecule has 2 N–H and O–H groups in total. The van der Waals surface area contributed by atoms with Crippen LogP contribution in [0.5, 0.6) is 5.88 Å². The number of aromatic nitrogens is 1. The van der Waals surface area contributed by atoms with Gasteiger partial charge < -0.3 is 10.5 Å². The molecular formula is C10H15N3O3. The number of ether oxygens (including phenoxy) is 1. The van der Waals surface area contributed by atoms with Gasteiger partial charge in [0, 0.05) is 0 Å². The van der Waals surface area contributed by atoms with E-state index in [4.69, 9.17) is 10.5 Å². The van der Waals surface area contributed by atoms with Gasteiger partial charge in [-0.15, -0.1) is 0 Å². The van der Waals surface area contributed by atoms with Crippen LogP contribution in [0.25, 0.3) is 0 Å². The number of nitrogens with zero attached hydrogens (tertiary/aromatic N) is 2. The second-order valence-electron chi connectivity index (χ2n) is 3.91. The maximum absolute atomic E-state index is 10.6. The second kappa shape index (κ2) is 4.78. The highest BCUT2D eigenvalue weighted by Crippen LogP contribution is 2.22. The summed E-state index contributed by atoms with van der Waals surface area (Å²) < 4.78 is 5.45. The molecule has 1 aromatic rings. The van der Waals surface area contributed by atoms with Crippen molar-refractivity contribution in [3.63, 3.8) is 0 Å². The first-order chi connectivity index (χ1) is 7.40. The zero-order valence-corrected chi connectivity index (χ0v) is 9.51. The van der Waals surface area contributed by atoms with E-state index < -0.39 is 4.92 Å². The lowest BCUT2D eigenvalue weighted by molar-refractivity contribution is -0.384. The van der Waals surface area contributed by atoms with Gasteiger partial charge in [0.05, 0.1) is 23.2 Å². The lowest BCUT2D eigenvalue weighted by atomic mass is 10.1. The molecule has 1 unspecified atom stereocenters. The molecule has 1 rings (SSSR count). The number of rotatable bonds is 4. The molecule has 0 fully saturated rings. The Bertz CT molecular complexity index is 393. The molecule has 6 nitrogen and oxygen atoms in total. The average molecular weight is 225 g/mol. The molecule has 0 aliphatic rings. The Morgan fingerprint density at radius 3 is 2.56 bits per heavy atom. The third kappa shape index (κ3) is 3.08. The summed E-state index contributed by atoms with van der Waals surface area (Å²) in [6.45, 7) is 5.86. The van der Waals surface area contributed by atoms with Gasteiger partial charge in [-0.1, -0.05) is 13.8 Å². The molecular weight excluding hydrogens is 210 g/mol. The van der Waals surface area contributed by atoms with Crippen LogP contribution in [0, 0.1) is 16.0 Å². The molecule has 0 amide bonds. The predicted molar refractivity (Wildman–Crippen MR) is 60.2 cm³/mol. The summed E-state index contributed by atoms with van der Waals surface area (Å²) in [7, 11) is 0. The quantitative estimate of drug-likeness (QED) is 0.625. The van der Waals surface area contributed by atoms with E-state index in [2.05, 4.69) is 4.98 Å². The van der Waals surface area contributed by atoms with Gasteiger partial charge >= 0.3 is 0 Å². The Labute approximate surface area is 93.6 Å². The number of nitrogen functional groups attached to an aromatic ring is 1. The van der Waals surface area contributed by atoms with Crippen LogP contribution >= 0.6 is 0 Å². The summed E-state index contributed by atoms with van der Waals surface area (Å²) in [4.78, 5) is 14.0. The van der Waals surface area contributed by atoms with Crippen molar-refractivity contribution in [3.8, 4) is 5.88 Å². The number of nitro groups is 1. The van der Waals surface area contributed by atoms with E-state index in [0.717, 1.165) is 0 Å². The monoisotopic (exact) mass is 225 g/mol. The van der Waals surface area contributed by atoms with Crippen LogP contribution in [-0.2, 0) is 0 Å². The Morgan fingerprint density at radius 2 is 2.06 bits per heavy atom. The zero-order valence-electron chi connectivity index (χ0n) is 9.51. The number of nitrogens with two attached hydrogens (primary N) is 1. The van der Waals surface area contributed by atoms with E-state index in [1.54, 1.807) is 0 Å². The van der Waals surface area contributed by atoms with Crippen molar-refractivity contribution in [2.24, 2.45) is 5.92 Å². The molecule has 1 aromatic heterocycles. The van der Waals surface area contributed by atoms with Gasteiger partial charge in [-0.25, -0.2) is 0 Å². The van der Waals surface area contributed by atoms with Gasteiger partial charge in [-0.2, -0.15) is 4.98 Å².